The Morgan fingerprint density at radius 1 is 0.625 bits per heavy atom. The highest BCUT2D eigenvalue weighted by atomic mass is 32.2. The lowest BCUT2D eigenvalue weighted by Gasteiger charge is -2.02. The molecular weight excluding hydrogens is 296 g/mol. The summed E-state index contributed by atoms with van der Waals surface area (Å²) in [6.45, 7) is 0.315. The maximum Gasteiger partial charge on any atom is 0.0521 e. The molecule has 0 fully saturated rings. The zero-order valence-electron chi connectivity index (χ0n) is 9.60. The molecule has 0 unspecified atom stereocenters. The molecule has 0 aliphatic heterocycles. The third-order valence-corrected chi connectivity index (χ3v) is 6.81. The van der Waals surface area contributed by atoms with Crippen molar-refractivity contribution in [3.8, 4) is 0 Å². The van der Waals surface area contributed by atoms with Crippen molar-refractivity contribution in [2.75, 3.05) is 58.4 Å². The van der Waals surface area contributed by atoms with E-state index >= 15 is 0 Å². The van der Waals surface area contributed by atoms with Crippen LogP contribution in [0.4, 0.5) is 0 Å². The van der Waals surface area contributed by atoms with E-state index in [1.807, 2.05) is 35.3 Å². The van der Waals surface area contributed by atoms with Crippen molar-refractivity contribution < 1.29 is 5.11 Å². The average molecular weight is 319 g/mol. The van der Waals surface area contributed by atoms with Gasteiger partial charge in [0.05, 0.1) is 6.61 Å². The van der Waals surface area contributed by atoms with E-state index in [0.29, 0.717) is 6.61 Å². The van der Waals surface area contributed by atoms with Crippen molar-refractivity contribution in [1.82, 2.24) is 0 Å². The van der Waals surface area contributed by atoms with E-state index in [1.54, 1.807) is 0 Å². The SMILES string of the molecule is OCCSCCSCCSCCSCCS. The van der Waals surface area contributed by atoms with Gasteiger partial charge in [0.1, 0.15) is 0 Å². The van der Waals surface area contributed by atoms with Crippen molar-refractivity contribution in [3.63, 3.8) is 0 Å². The van der Waals surface area contributed by atoms with Crippen LogP contribution in [0.3, 0.4) is 0 Å². The van der Waals surface area contributed by atoms with Crippen LogP contribution in [-0.2, 0) is 0 Å². The smallest absolute Gasteiger partial charge is 0.0521 e. The van der Waals surface area contributed by atoms with Crippen LogP contribution in [0, 0.1) is 0 Å². The Bertz CT molecular complexity index is 112. The molecule has 0 saturated carbocycles. The number of hydrogen-bond acceptors (Lipinski definition) is 6. The van der Waals surface area contributed by atoms with Gasteiger partial charge in [-0.05, 0) is 5.75 Å². The molecule has 0 amide bonds. The van der Waals surface area contributed by atoms with E-state index in [0.717, 1.165) is 11.5 Å². The van der Waals surface area contributed by atoms with E-state index in [4.69, 9.17) is 5.11 Å². The van der Waals surface area contributed by atoms with Gasteiger partial charge in [0, 0.05) is 46.0 Å². The van der Waals surface area contributed by atoms with Crippen LogP contribution in [0.2, 0.25) is 0 Å². The number of aliphatic hydroxyl groups excluding tert-OH is 1. The largest absolute Gasteiger partial charge is 0.396 e. The van der Waals surface area contributed by atoms with Crippen molar-refractivity contribution in [3.05, 3.63) is 0 Å². The lowest BCUT2D eigenvalue weighted by atomic mass is 10.9. The minimum atomic E-state index is 0.315. The number of rotatable bonds is 13. The molecule has 98 valence electrons. The molecular formula is C10H22OS5. The van der Waals surface area contributed by atoms with Gasteiger partial charge in [-0.15, -0.1) is 0 Å². The molecule has 16 heavy (non-hydrogen) atoms. The summed E-state index contributed by atoms with van der Waals surface area (Å²) in [5, 5.41) is 8.59. The van der Waals surface area contributed by atoms with Crippen LogP contribution < -0.4 is 0 Å². The second-order valence-corrected chi connectivity index (χ2v) is 8.24. The van der Waals surface area contributed by atoms with Crippen LogP contribution in [0.15, 0.2) is 0 Å². The molecule has 0 heterocycles. The fourth-order valence-electron chi connectivity index (χ4n) is 0.891. The predicted molar refractivity (Wildman–Crippen MR) is 90.2 cm³/mol. The quantitative estimate of drug-likeness (QED) is 0.401. The van der Waals surface area contributed by atoms with Gasteiger partial charge in [0.15, 0.2) is 0 Å². The minimum absolute atomic E-state index is 0.315. The molecule has 0 aromatic rings. The highest BCUT2D eigenvalue weighted by molar-refractivity contribution is 8.05. The topological polar surface area (TPSA) is 20.2 Å². The maximum atomic E-state index is 8.59. The third kappa shape index (κ3) is 15.7. The number of hydrogen-bond donors (Lipinski definition) is 2. The molecule has 0 aliphatic rings. The Labute approximate surface area is 122 Å². The molecule has 0 aromatic carbocycles. The molecule has 0 aromatic heterocycles. The van der Waals surface area contributed by atoms with E-state index < -0.39 is 0 Å². The van der Waals surface area contributed by atoms with Gasteiger partial charge in [0.25, 0.3) is 0 Å². The highest BCUT2D eigenvalue weighted by Gasteiger charge is 1.93. The van der Waals surface area contributed by atoms with E-state index in [1.165, 1.54) is 40.3 Å². The summed E-state index contributed by atoms with van der Waals surface area (Å²) in [5.74, 6) is 10.5. The first-order valence-electron chi connectivity index (χ1n) is 5.44. The maximum absolute atomic E-state index is 8.59. The van der Waals surface area contributed by atoms with Gasteiger partial charge in [-0.25, -0.2) is 0 Å². The van der Waals surface area contributed by atoms with Gasteiger partial charge in [-0.3, -0.25) is 0 Å². The van der Waals surface area contributed by atoms with Crippen molar-refractivity contribution in [1.29, 1.82) is 0 Å². The molecule has 0 rings (SSSR count). The van der Waals surface area contributed by atoms with Crippen LogP contribution in [0.25, 0.3) is 0 Å². The second kappa shape index (κ2) is 16.7. The fraction of sp³-hybridized carbons (Fsp3) is 1.00. The Hall–Kier alpha value is 1.71. The standard InChI is InChI=1S/C10H22OS5/c11-1-3-13-5-7-15-9-10-16-8-6-14-4-2-12/h11-12H,1-10H2. The zero-order valence-corrected chi connectivity index (χ0v) is 13.8. The number of thioether (sulfide) groups is 4. The summed E-state index contributed by atoms with van der Waals surface area (Å²) < 4.78 is 0. The Balaban J connectivity index is 2.83. The van der Waals surface area contributed by atoms with Crippen LogP contribution >= 0.6 is 59.7 Å². The van der Waals surface area contributed by atoms with Gasteiger partial charge in [0.2, 0.25) is 0 Å². The van der Waals surface area contributed by atoms with Gasteiger partial charge in [-0.1, -0.05) is 0 Å². The van der Waals surface area contributed by atoms with Gasteiger partial charge < -0.3 is 5.11 Å². The predicted octanol–water partition coefficient (Wildman–Crippen LogP) is 2.84. The summed E-state index contributed by atoms with van der Waals surface area (Å²) in [6, 6.07) is 0. The zero-order chi connectivity index (χ0) is 11.9. The molecule has 0 saturated heterocycles. The van der Waals surface area contributed by atoms with Crippen molar-refractivity contribution in [2.45, 2.75) is 0 Å². The fourth-order valence-corrected chi connectivity index (χ4v) is 5.18. The number of aliphatic hydroxyl groups is 1. The Morgan fingerprint density at radius 3 is 1.38 bits per heavy atom. The monoisotopic (exact) mass is 318 g/mol. The lowest BCUT2D eigenvalue weighted by molar-refractivity contribution is 0.322. The lowest BCUT2D eigenvalue weighted by Crippen LogP contribution is -1.94. The molecule has 0 radical (unpaired) electrons. The summed E-state index contributed by atoms with van der Waals surface area (Å²) in [6.07, 6.45) is 0. The Morgan fingerprint density at radius 2 is 1.00 bits per heavy atom. The summed E-state index contributed by atoms with van der Waals surface area (Å²) in [7, 11) is 0. The molecule has 0 spiro atoms. The molecule has 6 heteroatoms. The second-order valence-electron chi connectivity index (χ2n) is 2.90. The summed E-state index contributed by atoms with van der Waals surface area (Å²) in [5.41, 5.74) is 0. The van der Waals surface area contributed by atoms with E-state index in [2.05, 4.69) is 24.4 Å². The van der Waals surface area contributed by atoms with Crippen LogP contribution in [0.1, 0.15) is 0 Å². The van der Waals surface area contributed by atoms with Crippen LogP contribution in [0.5, 0.6) is 0 Å². The highest BCUT2D eigenvalue weighted by Crippen LogP contribution is 2.11. The normalized spacial score (nSPS) is 10.9. The summed E-state index contributed by atoms with van der Waals surface area (Å²) in [4.78, 5) is 0. The molecule has 0 bridgehead atoms. The average Bonchev–Trinajstić information content (AvgIpc) is 2.31. The van der Waals surface area contributed by atoms with Gasteiger partial charge >= 0.3 is 0 Å². The van der Waals surface area contributed by atoms with Crippen LogP contribution in [-0.4, -0.2) is 63.5 Å². The van der Waals surface area contributed by atoms with Gasteiger partial charge in [-0.2, -0.15) is 59.7 Å². The van der Waals surface area contributed by atoms with Crippen molar-refractivity contribution >= 4 is 59.7 Å². The molecule has 0 atom stereocenters. The molecule has 0 aliphatic carbocycles. The molecule has 1 nitrogen and oxygen atoms in total. The van der Waals surface area contributed by atoms with Crippen molar-refractivity contribution in [2.24, 2.45) is 0 Å². The Kier molecular flexibility index (Phi) is 18.5. The minimum Gasteiger partial charge on any atom is -0.396 e. The first-order chi connectivity index (χ1) is 7.91. The number of thiol groups is 1. The first kappa shape index (κ1) is 17.7. The van der Waals surface area contributed by atoms with E-state index in [-0.39, 0.29) is 0 Å². The van der Waals surface area contributed by atoms with E-state index in [9.17, 15) is 0 Å². The third-order valence-electron chi connectivity index (χ3n) is 1.59. The molecule has 1 N–H and O–H groups in total. The summed E-state index contributed by atoms with van der Waals surface area (Å²) >= 11 is 12.1. The first-order valence-corrected chi connectivity index (χ1v) is 10.7.